The van der Waals surface area contributed by atoms with Crippen LogP contribution >= 0.6 is 0 Å². The summed E-state index contributed by atoms with van der Waals surface area (Å²) < 4.78 is 0. The maximum atomic E-state index is 14.1. The molecule has 0 aromatic rings. The molecule has 0 aliphatic carbocycles. The highest BCUT2D eigenvalue weighted by molar-refractivity contribution is 5.98. The van der Waals surface area contributed by atoms with Gasteiger partial charge in [-0.3, -0.25) is 52.7 Å². The summed E-state index contributed by atoms with van der Waals surface area (Å²) in [5.41, 5.74) is 5.56. The van der Waals surface area contributed by atoms with Gasteiger partial charge in [-0.25, -0.2) is 0 Å². The Balaban J connectivity index is 6.20. The van der Waals surface area contributed by atoms with Crippen LogP contribution in [0.5, 0.6) is 0 Å². The number of carbonyl (C=O) groups excluding carboxylic acids is 11. The highest BCUT2D eigenvalue weighted by Gasteiger charge is 2.42. The number of rotatable bonds is 28. The van der Waals surface area contributed by atoms with E-state index in [1.807, 2.05) is 13.8 Å². The number of nitrogens with one attached hydrogen (secondary N) is 5. The first-order valence-electron chi connectivity index (χ1n) is 24.1. The van der Waals surface area contributed by atoms with Crippen LogP contribution in [0.1, 0.15) is 103 Å². The van der Waals surface area contributed by atoms with Crippen LogP contribution in [0.4, 0.5) is 0 Å². The van der Waals surface area contributed by atoms with Crippen molar-refractivity contribution in [3.63, 3.8) is 0 Å². The smallest absolute Gasteiger partial charge is 0.247 e. The van der Waals surface area contributed by atoms with Crippen molar-refractivity contribution in [2.75, 3.05) is 41.8 Å². The molecule has 10 amide bonds. The predicted molar refractivity (Wildman–Crippen MR) is 268 cm³/mol. The molecule has 0 saturated heterocycles. The molecule has 9 N–H and O–H groups in total. The number of hydrogen-bond acceptors (Lipinski definition) is 14. The fourth-order valence-corrected chi connectivity index (χ4v) is 7.33. The molecule has 24 heteroatoms. The van der Waals surface area contributed by atoms with Crippen molar-refractivity contribution in [1.29, 1.82) is 0 Å². The topological polar surface area (TPSA) is 331 Å². The number of likely N-dealkylation sites (N-methyl/N-ethyl adjacent to an activating group) is 5. The molecule has 0 spiro atoms. The molecule has 72 heavy (non-hydrogen) atoms. The summed E-state index contributed by atoms with van der Waals surface area (Å²) in [7, 11) is 6.57. The molecule has 0 aromatic carbocycles. The van der Waals surface area contributed by atoms with Gasteiger partial charge in [-0.2, -0.15) is 0 Å². The molecule has 13 atom stereocenters. The lowest BCUT2D eigenvalue weighted by Gasteiger charge is -2.38. The largest absolute Gasteiger partial charge is 0.391 e. The first-order valence-corrected chi connectivity index (χ1v) is 24.1. The molecule has 0 heterocycles. The minimum Gasteiger partial charge on any atom is -0.391 e. The molecular formula is C48H85N11O13. The second-order valence-corrected chi connectivity index (χ2v) is 19.3. The number of aliphatic hydroxyl groups is 2. The van der Waals surface area contributed by atoms with Gasteiger partial charge in [0.1, 0.15) is 60.2 Å². The van der Waals surface area contributed by atoms with Crippen LogP contribution in [0.2, 0.25) is 0 Å². The van der Waals surface area contributed by atoms with Crippen molar-refractivity contribution in [1.82, 2.24) is 51.1 Å². The van der Waals surface area contributed by atoms with Gasteiger partial charge in [-0.15, -0.1) is 0 Å². The molecule has 0 bridgehead atoms. The van der Waals surface area contributed by atoms with Crippen molar-refractivity contribution in [2.45, 2.75) is 175 Å². The van der Waals surface area contributed by atoms with Crippen LogP contribution < -0.4 is 32.3 Å². The van der Waals surface area contributed by atoms with Crippen LogP contribution in [-0.4, -0.2) is 214 Å². The third-order valence-corrected chi connectivity index (χ3v) is 12.3. The maximum Gasteiger partial charge on any atom is 0.247 e. The lowest BCUT2D eigenvalue weighted by Crippen LogP contribution is -2.63. The molecular weight excluding hydrogens is 939 g/mol. The molecule has 0 rings (SSSR count). The quantitative estimate of drug-likeness (QED) is 0.0380. The number of aliphatic hydroxyl groups excluding tert-OH is 2. The Kier molecular flexibility index (Phi) is 27.6. The molecule has 0 fully saturated rings. The van der Waals surface area contributed by atoms with Gasteiger partial charge in [-0.05, 0) is 93.9 Å². The van der Waals surface area contributed by atoms with Gasteiger partial charge >= 0.3 is 0 Å². The van der Waals surface area contributed by atoms with Crippen LogP contribution in [0.25, 0.3) is 0 Å². The van der Waals surface area contributed by atoms with Crippen molar-refractivity contribution in [3.05, 3.63) is 12.2 Å². The summed E-state index contributed by atoms with van der Waals surface area (Å²) in [6.45, 7) is 19.1. The lowest BCUT2D eigenvalue weighted by atomic mass is 9.92. The average Bonchev–Trinajstić information content (AvgIpc) is 3.30. The van der Waals surface area contributed by atoms with E-state index < -0.39 is 138 Å². The summed E-state index contributed by atoms with van der Waals surface area (Å²) in [6.07, 6.45) is 0.953. The molecule has 24 nitrogen and oxygen atoms in total. The summed E-state index contributed by atoms with van der Waals surface area (Å²) in [5, 5.41) is 34.6. The van der Waals surface area contributed by atoms with Crippen LogP contribution in [-0.2, 0) is 52.7 Å². The number of carbonyl (C=O) groups is 11. The highest BCUT2D eigenvalue weighted by Crippen LogP contribution is 2.20. The summed E-state index contributed by atoms with van der Waals surface area (Å²) in [5.74, 6) is -8.46. The molecule has 0 aliphatic rings. The highest BCUT2D eigenvalue weighted by atomic mass is 16.3. The molecule has 0 unspecified atom stereocenters. The molecule has 0 saturated carbocycles. The Morgan fingerprint density at radius 1 is 0.528 bits per heavy atom. The van der Waals surface area contributed by atoms with E-state index >= 15 is 0 Å². The predicted octanol–water partition coefficient (Wildman–Crippen LogP) is -2.38. The Hall–Kier alpha value is -6.01. The van der Waals surface area contributed by atoms with Crippen molar-refractivity contribution < 1.29 is 63.0 Å². The second kappa shape index (κ2) is 30.1. The fourth-order valence-electron chi connectivity index (χ4n) is 7.33. The van der Waals surface area contributed by atoms with Gasteiger partial charge in [0.05, 0.1) is 24.8 Å². The van der Waals surface area contributed by atoms with E-state index in [1.54, 1.807) is 26.0 Å². The number of allylic oxidation sites excluding steroid dienone is 2. The Morgan fingerprint density at radius 2 is 0.972 bits per heavy atom. The minimum atomic E-state index is -1.64. The van der Waals surface area contributed by atoms with Gasteiger partial charge in [0.15, 0.2) is 0 Å². The molecule has 0 aliphatic heterocycles. The van der Waals surface area contributed by atoms with E-state index in [2.05, 4.69) is 26.6 Å². The monoisotopic (exact) mass is 1020 g/mol. The zero-order chi connectivity index (χ0) is 56.4. The van der Waals surface area contributed by atoms with Gasteiger partial charge in [0.25, 0.3) is 0 Å². The third kappa shape index (κ3) is 19.5. The van der Waals surface area contributed by atoms with Crippen molar-refractivity contribution >= 4 is 64.9 Å². The number of ketones is 1. The number of Topliss-reactive ketones (excluding diaryl/α,β-unsaturated/α-hetero) is 1. The van der Waals surface area contributed by atoms with Gasteiger partial charge in [0.2, 0.25) is 59.1 Å². The van der Waals surface area contributed by atoms with E-state index in [4.69, 9.17) is 5.73 Å². The van der Waals surface area contributed by atoms with Gasteiger partial charge < -0.3 is 67.0 Å². The number of nitrogens with zero attached hydrogens (tertiary/aromatic N) is 5. The lowest BCUT2D eigenvalue weighted by molar-refractivity contribution is -0.152. The first-order chi connectivity index (χ1) is 33.1. The SMILES string of the molecule is C/C=C/C[C@@H](C)[C@@H](O)[C@@H](C(=O)N[C@H](C(=O)N(C)CC(C)=O)[C@@H](C)O)N(C)C(=O)[C@H](C)N(C)C(=O)[C@H](C)NC(=O)[C@H](CC(C)C)N(C)C(=O)[C@@H](C)NC(=O)[C@H](C)NC(=O)[C@H](C)N(C)C(=O)[C@H](C)NC(=O)[C@@H](C)N. The molecule has 0 radical (unpaired) electrons. The van der Waals surface area contributed by atoms with Crippen molar-refractivity contribution in [2.24, 2.45) is 17.6 Å². The molecule has 410 valence electrons. The van der Waals surface area contributed by atoms with Crippen molar-refractivity contribution in [3.8, 4) is 0 Å². The van der Waals surface area contributed by atoms with Crippen LogP contribution in [0, 0.1) is 11.8 Å². The maximum absolute atomic E-state index is 14.1. The standard InChI is InChI=1S/C48H85N11O13/c1-19-20-21-25(4)38(62)37(43(67)54-36(34(13)61)48(72)55(14)23-26(5)60)59(18)47(71)33(12)57(16)45(69)30(9)53-42(66)35(22-24(2)3)58(17)46(70)31(10)52-40(64)28(7)50-41(65)32(11)56(15)44(68)29(8)51-39(63)27(6)49/h19-20,24-25,27-38,61-62H,21-23,49H2,1-18H3,(H,50,65)(H,51,63)(H,52,64)(H,53,66)(H,54,67)/b20-19+/t25-,27-,28+,29+,30+,31-,32+,33+,34-,35+,36+,37+,38-/m1/s1. The summed E-state index contributed by atoms with van der Waals surface area (Å²) in [4.78, 5) is 151. The van der Waals surface area contributed by atoms with E-state index in [1.165, 1.54) is 97.6 Å². The third-order valence-electron chi connectivity index (χ3n) is 12.3. The number of hydrogen-bond donors (Lipinski definition) is 8. The number of nitrogens with two attached hydrogens (primary N) is 1. The Labute approximate surface area is 424 Å². The zero-order valence-electron chi connectivity index (χ0n) is 45.6. The average molecular weight is 1020 g/mol. The van der Waals surface area contributed by atoms with Crippen LogP contribution in [0.3, 0.4) is 0 Å². The van der Waals surface area contributed by atoms with Gasteiger partial charge in [-0.1, -0.05) is 32.9 Å². The zero-order valence-corrected chi connectivity index (χ0v) is 45.6. The summed E-state index contributed by atoms with van der Waals surface area (Å²) >= 11 is 0. The first kappa shape index (κ1) is 66.0. The van der Waals surface area contributed by atoms with E-state index in [0.717, 1.165) is 24.5 Å². The normalized spacial score (nSPS) is 16.8. The van der Waals surface area contributed by atoms with Crippen LogP contribution in [0.15, 0.2) is 12.2 Å². The second-order valence-electron chi connectivity index (χ2n) is 19.3. The van der Waals surface area contributed by atoms with E-state index in [9.17, 15) is 63.0 Å². The Morgan fingerprint density at radius 3 is 1.42 bits per heavy atom. The van der Waals surface area contributed by atoms with E-state index in [0.29, 0.717) is 6.42 Å². The fraction of sp³-hybridized carbons (Fsp3) is 0.729. The minimum absolute atomic E-state index is 0.127. The molecule has 0 aromatic heterocycles. The summed E-state index contributed by atoms with van der Waals surface area (Å²) in [6, 6.07) is -12.2. The van der Waals surface area contributed by atoms with E-state index in [-0.39, 0.29) is 24.7 Å². The number of amides is 10. The van der Waals surface area contributed by atoms with Gasteiger partial charge in [0, 0.05) is 35.2 Å². The Bertz CT molecular complexity index is 1960.